The maximum atomic E-state index is 14.6. The summed E-state index contributed by atoms with van der Waals surface area (Å²) in [5.74, 6) is 0. The van der Waals surface area contributed by atoms with Crippen molar-refractivity contribution in [3.63, 3.8) is 0 Å². The van der Waals surface area contributed by atoms with Crippen LogP contribution >= 0.6 is 0 Å². The smallest absolute Gasteiger partial charge is 0.296 e. The predicted octanol–water partition coefficient (Wildman–Crippen LogP) is 4.38. The van der Waals surface area contributed by atoms with Gasteiger partial charge in [0.1, 0.15) is 11.3 Å². The summed E-state index contributed by atoms with van der Waals surface area (Å²) in [4.78, 5) is 62.0. The van der Waals surface area contributed by atoms with E-state index < -0.39 is 57.3 Å². The van der Waals surface area contributed by atoms with E-state index in [1.165, 1.54) is 49.8 Å². The highest BCUT2D eigenvalue weighted by Gasteiger charge is 2.32. The van der Waals surface area contributed by atoms with Gasteiger partial charge in [-0.2, -0.15) is 0 Å². The molecule has 7 aromatic carbocycles. The fourth-order valence-corrected chi connectivity index (χ4v) is 10.8. The van der Waals surface area contributed by atoms with Crippen molar-refractivity contribution < 1.29 is 26.7 Å². The number of anilines is 2. The molecule has 61 heavy (non-hydrogen) atoms. The molecule has 11 aromatic rings. The number of fused-ring (bicyclic) bond motifs is 10. The molecule has 0 atom stereocenters. The number of imidazole rings is 2. The largest absolute Gasteiger partial charge is 0.398 e. The molecule has 0 aliphatic carbocycles. The van der Waals surface area contributed by atoms with Gasteiger partial charge in [-0.25, -0.2) is 35.8 Å². The number of benzene rings is 7. The van der Waals surface area contributed by atoms with Crippen molar-refractivity contribution in [1.82, 2.24) is 27.8 Å². The second-order valence-electron chi connectivity index (χ2n) is 14.9. The normalized spacial score (nSPS) is 13.2. The lowest BCUT2D eigenvalue weighted by Gasteiger charge is -2.19. The summed E-state index contributed by atoms with van der Waals surface area (Å²) >= 11 is 0. The van der Waals surface area contributed by atoms with E-state index in [0.29, 0.717) is 48.5 Å². The maximum Gasteiger partial charge on any atom is 0.296 e. The molecule has 4 heterocycles. The molecule has 302 valence electrons. The maximum absolute atomic E-state index is 14.6. The van der Waals surface area contributed by atoms with Crippen LogP contribution in [0.3, 0.4) is 0 Å². The van der Waals surface area contributed by atoms with Crippen molar-refractivity contribution >= 4 is 141 Å². The van der Waals surface area contributed by atoms with Gasteiger partial charge in [0.05, 0.1) is 58.0 Å². The number of nitrogens with two attached hydrogens (primary N) is 2. The molecule has 20 nitrogen and oxygen atoms in total. The van der Waals surface area contributed by atoms with Gasteiger partial charge in [0.15, 0.2) is 5.52 Å². The molecular formula is C39H24N10O10S2. The van der Waals surface area contributed by atoms with Gasteiger partial charge in [0, 0.05) is 69.6 Å². The zero-order valence-corrected chi connectivity index (χ0v) is 33.1. The van der Waals surface area contributed by atoms with Crippen LogP contribution in [-0.4, -0.2) is 70.9 Å². The molecular weight excluding hydrogens is 833 g/mol. The second kappa shape index (κ2) is 11.3. The number of hydrogen-bond acceptors (Lipinski definition) is 14. The number of nitrogen functional groups attached to an aromatic ring is 2. The predicted molar refractivity (Wildman–Crippen MR) is 229 cm³/mol. The number of aromatic nitrogens is 4. The van der Waals surface area contributed by atoms with Gasteiger partial charge < -0.3 is 11.5 Å². The number of hydrogen-bond donors (Lipinski definition) is 3. The first-order chi connectivity index (χ1) is 28.9. The Morgan fingerprint density at radius 2 is 1.11 bits per heavy atom. The summed E-state index contributed by atoms with van der Waals surface area (Å²) < 4.78 is 57.1. The highest BCUT2D eigenvalue weighted by atomic mass is 32.2. The lowest BCUT2D eigenvalue weighted by Crippen LogP contribution is -2.22. The zero-order valence-electron chi connectivity index (χ0n) is 31.5. The topological polar surface area (TPSA) is 291 Å². The number of nitro benzene ring substituents is 2. The number of sulfonamides is 2. The average molecular weight is 857 g/mol. The molecule has 0 fully saturated rings. The SMILES string of the molecule is CNS(=O)(=O)c1cc(N)c2c(c1)nc1c3ccc4c5c(N)cc6c(=O)n7c(nc8cc(S(=O)(=O)N(C)C)cc([N+](=O)[O-])c87)c7ccc(c8c([N+](=O)[O-])cc(c(=O)n12)c3c48)c5c67. The summed E-state index contributed by atoms with van der Waals surface area (Å²) in [6.45, 7) is 0. The lowest BCUT2D eigenvalue weighted by molar-refractivity contribution is -0.383. The van der Waals surface area contributed by atoms with Crippen LogP contribution in [0.5, 0.6) is 0 Å². The fraction of sp³-hybridized carbons (Fsp3) is 0.0769. The lowest BCUT2D eigenvalue weighted by atomic mass is 9.84. The minimum absolute atomic E-state index is 0.0111. The van der Waals surface area contributed by atoms with Crippen molar-refractivity contribution in [2.24, 2.45) is 0 Å². The highest BCUT2D eigenvalue weighted by molar-refractivity contribution is 7.89. The molecule has 0 bridgehead atoms. The molecule has 22 heteroatoms. The number of nitrogens with zero attached hydrogens (tertiary/aromatic N) is 7. The molecule has 0 amide bonds. The third-order valence-corrected chi connectivity index (χ3v) is 14.9. The van der Waals surface area contributed by atoms with Gasteiger partial charge >= 0.3 is 0 Å². The first-order valence-electron chi connectivity index (χ1n) is 18.0. The number of nitrogens with one attached hydrogen (secondary N) is 1. The zero-order chi connectivity index (χ0) is 43.1. The molecule has 0 saturated heterocycles. The van der Waals surface area contributed by atoms with Crippen LogP contribution in [-0.2, 0) is 20.0 Å². The van der Waals surface area contributed by atoms with E-state index in [1.807, 2.05) is 0 Å². The van der Waals surface area contributed by atoms with Crippen LogP contribution in [0.15, 0.2) is 80.0 Å². The third kappa shape index (κ3) is 4.31. The molecule has 11 rings (SSSR count). The van der Waals surface area contributed by atoms with Crippen molar-refractivity contribution in [3.8, 4) is 0 Å². The van der Waals surface area contributed by atoms with Gasteiger partial charge in [-0.3, -0.25) is 38.6 Å². The molecule has 0 spiro atoms. The van der Waals surface area contributed by atoms with Crippen molar-refractivity contribution in [2.75, 3.05) is 32.6 Å². The van der Waals surface area contributed by atoms with E-state index in [0.717, 1.165) is 20.8 Å². The van der Waals surface area contributed by atoms with Crippen molar-refractivity contribution in [3.05, 3.63) is 102 Å². The number of non-ortho nitro benzene ring substituents is 2. The third-order valence-electron chi connectivity index (χ3n) is 11.7. The van der Waals surface area contributed by atoms with Gasteiger partial charge in [-0.1, -0.05) is 12.1 Å². The Labute approximate surface area is 338 Å². The Kier molecular flexibility index (Phi) is 6.77. The van der Waals surface area contributed by atoms with E-state index in [-0.39, 0.29) is 65.8 Å². The Bertz CT molecular complexity index is 4300. The van der Waals surface area contributed by atoms with Gasteiger partial charge in [-0.05, 0) is 54.2 Å². The Balaban J connectivity index is 1.33. The summed E-state index contributed by atoms with van der Waals surface area (Å²) in [7, 11) is -4.37. The molecule has 0 radical (unpaired) electrons. The molecule has 0 saturated carbocycles. The first kappa shape index (κ1) is 36.4. The van der Waals surface area contributed by atoms with E-state index >= 15 is 0 Å². The minimum atomic E-state index is -4.18. The van der Waals surface area contributed by atoms with Crippen molar-refractivity contribution in [1.29, 1.82) is 0 Å². The van der Waals surface area contributed by atoms with E-state index in [9.17, 15) is 46.7 Å². The fourth-order valence-electron chi connectivity index (χ4n) is 9.12. The molecule has 0 unspecified atom stereocenters. The molecule has 4 aromatic heterocycles. The summed E-state index contributed by atoms with van der Waals surface area (Å²) in [6, 6.07) is 13.6. The van der Waals surface area contributed by atoms with E-state index in [4.69, 9.17) is 11.5 Å². The molecule has 5 N–H and O–H groups in total. The van der Waals surface area contributed by atoms with Crippen molar-refractivity contribution in [2.45, 2.75) is 9.79 Å². The average Bonchev–Trinajstić information content (AvgIpc) is 3.81. The van der Waals surface area contributed by atoms with Crippen LogP contribution in [0.4, 0.5) is 22.7 Å². The summed E-state index contributed by atoms with van der Waals surface area (Å²) in [5.41, 5.74) is 10.6. The number of pyridine rings is 2. The molecule has 0 aliphatic heterocycles. The van der Waals surface area contributed by atoms with Crippen LogP contribution in [0, 0.1) is 20.2 Å². The van der Waals surface area contributed by atoms with E-state index in [1.54, 1.807) is 24.3 Å². The quantitative estimate of drug-likeness (QED) is 0.0688. The Morgan fingerprint density at radius 3 is 1.69 bits per heavy atom. The number of rotatable bonds is 6. The molecule has 0 aliphatic rings. The van der Waals surface area contributed by atoms with Crippen LogP contribution in [0.25, 0.3) is 98.0 Å². The number of nitro groups is 2. The van der Waals surface area contributed by atoms with Gasteiger partial charge in [-0.15, -0.1) is 0 Å². The van der Waals surface area contributed by atoms with Crippen LogP contribution in [0.2, 0.25) is 0 Å². The monoisotopic (exact) mass is 856 g/mol. The first-order valence-corrected chi connectivity index (χ1v) is 21.0. The minimum Gasteiger partial charge on any atom is -0.398 e. The summed E-state index contributed by atoms with van der Waals surface area (Å²) in [5, 5.41) is 28.7. The second-order valence-corrected chi connectivity index (χ2v) is 18.9. The van der Waals surface area contributed by atoms with Gasteiger partial charge in [0.25, 0.3) is 22.5 Å². The van der Waals surface area contributed by atoms with Crippen LogP contribution in [0.1, 0.15) is 0 Å². The standard InChI is InChI=1S/C39H24N10O10S2/c1-42-60(56,57)14-8-23(41)34-24(9-14)43-36-19-6-4-16-30-22(40)12-20-28-18(7-5-17(32(28)30)31-26(48(52)53)13-21(29(19)33(16)31)39(51)46(34)36)37-44-25-10-15(61(58,59)45(2)3)11-27(49(54)55)35(25)47(37)38(20)50/h4-13,42H,40-41H2,1-3H3. The van der Waals surface area contributed by atoms with E-state index in [2.05, 4.69) is 14.7 Å². The van der Waals surface area contributed by atoms with Crippen LogP contribution < -0.4 is 27.3 Å². The highest BCUT2D eigenvalue weighted by Crippen LogP contribution is 2.50. The Morgan fingerprint density at radius 1 is 0.607 bits per heavy atom. The van der Waals surface area contributed by atoms with Gasteiger partial charge in [0.2, 0.25) is 20.0 Å². The Hall–Kier alpha value is -7.66. The summed E-state index contributed by atoms with van der Waals surface area (Å²) in [6.07, 6.45) is 0.